The summed E-state index contributed by atoms with van der Waals surface area (Å²) < 4.78 is 32.8. The molecule has 0 unspecified atom stereocenters. The lowest BCUT2D eigenvalue weighted by Crippen LogP contribution is -2.67. The molecule has 3 fully saturated rings. The first-order valence-corrected chi connectivity index (χ1v) is 13.9. The van der Waals surface area contributed by atoms with E-state index in [4.69, 9.17) is 33.5 Å². The molecule has 18 atom stereocenters. The Labute approximate surface area is 254 Å². The maximum Gasteiger partial charge on any atom is 0.189 e. The third kappa shape index (κ3) is 8.48. The smallest absolute Gasteiger partial charge is 0.189 e. The second-order valence-corrected chi connectivity index (χ2v) is 10.8. The number of ether oxygens (including phenoxy) is 6. The Morgan fingerprint density at radius 3 is 1.49 bits per heavy atom. The van der Waals surface area contributed by atoms with Crippen molar-refractivity contribution >= 4 is 5.78 Å². The Morgan fingerprint density at radius 1 is 0.578 bits per heavy atom. The van der Waals surface area contributed by atoms with Crippen molar-refractivity contribution in [3.05, 3.63) is 0 Å². The minimum Gasteiger partial charge on any atom is -0.394 e. The molecule has 3 heterocycles. The van der Waals surface area contributed by atoms with E-state index in [1.807, 2.05) is 0 Å². The number of ketones is 1. The summed E-state index contributed by atoms with van der Waals surface area (Å²) in [4.78, 5) is 11.5. The largest absolute Gasteiger partial charge is 0.394 e. The van der Waals surface area contributed by atoms with Crippen molar-refractivity contribution < 1.29 is 105 Å². The number of aliphatic hydroxyl groups excluding tert-OH is 14. The van der Waals surface area contributed by atoms with Gasteiger partial charge < -0.3 is 99.9 Å². The van der Waals surface area contributed by atoms with Crippen LogP contribution in [0.2, 0.25) is 0 Å². The predicted molar refractivity (Wildman–Crippen MR) is 135 cm³/mol. The van der Waals surface area contributed by atoms with Crippen molar-refractivity contribution in [3.63, 3.8) is 0 Å². The number of hydrogen-bond donors (Lipinski definition) is 14. The van der Waals surface area contributed by atoms with E-state index in [-0.39, 0.29) is 0 Å². The Bertz CT molecular complexity index is 912. The van der Waals surface area contributed by atoms with Crippen LogP contribution >= 0.6 is 0 Å². The van der Waals surface area contributed by atoms with Gasteiger partial charge in [-0.05, 0) is 0 Å². The summed E-state index contributed by atoms with van der Waals surface area (Å²) in [6.07, 6.45) is -33.9. The summed E-state index contributed by atoms with van der Waals surface area (Å²) in [6, 6.07) is 0. The number of aliphatic hydroxyl groups is 14. The minimum atomic E-state index is -2.22. The van der Waals surface area contributed by atoms with Gasteiger partial charge in [-0.1, -0.05) is 0 Å². The van der Waals surface area contributed by atoms with Crippen molar-refractivity contribution in [2.24, 2.45) is 0 Å². The molecule has 3 saturated heterocycles. The molecule has 21 nitrogen and oxygen atoms in total. The van der Waals surface area contributed by atoms with Crippen LogP contribution in [-0.2, 0) is 33.2 Å². The Kier molecular flexibility index (Phi) is 14.3. The Morgan fingerprint density at radius 2 is 1.00 bits per heavy atom. The van der Waals surface area contributed by atoms with Gasteiger partial charge in [-0.2, -0.15) is 0 Å². The van der Waals surface area contributed by atoms with Crippen LogP contribution in [0.25, 0.3) is 0 Å². The van der Waals surface area contributed by atoms with Crippen LogP contribution in [0.1, 0.15) is 0 Å². The van der Waals surface area contributed by atoms with E-state index < -0.39 is 149 Å². The highest BCUT2D eigenvalue weighted by Gasteiger charge is 2.54. The number of carbonyl (C=O) groups excluding carboxylic acids is 1. The third-order valence-corrected chi connectivity index (χ3v) is 7.71. The highest BCUT2D eigenvalue weighted by molar-refractivity contribution is 5.84. The van der Waals surface area contributed by atoms with Crippen LogP contribution < -0.4 is 0 Å². The fourth-order valence-electron chi connectivity index (χ4n) is 4.92. The number of rotatable bonds is 14. The van der Waals surface area contributed by atoms with Gasteiger partial charge in [0.05, 0.1) is 26.4 Å². The van der Waals surface area contributed by atoms with Crippen molar-refractivity contribution in [2.45, 2.75) is 110 Å². The first-order valence-electron chi connectivity index (χ1n) is 13.9. The van der Waals surface area contributed by atoms with E-state index in [0.29, 0.717) is 0 Å². The molecule has 0 aromatic heterocycles. The summed E-state index contributed by atoms with van der Waals surface area (Å²) in [7, 11) is 0. The van der Waals surface area contributed by atoms with E-state index in [0.717, 1.165) is 0 Å². The molecule has 14 N–H and O–H groups in total. The van der Waals surface area contributed by atoms with Gasteiger partial charge >= 0.3 is 0 Å². The molecule has 0 spiro atoms. The lowest BCUT2D eigenvalue weighted by molar-refractivity contribution is -0.394. The zero-order valence-electron chi connectivity index (χ0n) is 23.5. The zero-order valence-corrected chi connectivity index (χ0v) is 23.5. The highest BCUT2D eigenvalue weighted by atomic mass is 16.8. The van der Waals surface area contributed by atoms with Crippen LogP contribution in [0, 0.1) is 0 Å². The molecule has 3 rings (SSSR count). The Hall–Kier alpha value is -1.13. The molecule has 0 aromatic rings. The standard InChI is InChI=1S/C24H42O21/c25-1-6(29)11(31)12(32)7(30)5-40-23-20(17(37)14(34)9(3-27)42-23)45-24-21(18(38)15(35)10(4-28)43-24)44-22-19(39)16(36)13(33)8(2-26)41-22/h7-28,30-39H,1-5H2/t7-,8-,9-,10-,11-,12-,13-,14-,15-,16+,17+,18+,19-,20-,21-,22-,23+,24-/m1/s1. The third-order valence-electron chi connectivity index (χ3n) is 7.71. The molecule has 264 valence electrons. The minimum absolute atomic E-state index is 0.843. The van der Waals surface area contributed by atoms with E-state index in [1.165, 1.54) is 0 Å². The Balaban J connectivity index is 1.85. The molecule has 3 aliphatic heterocycles. The van der Waals surface area contributed by atoms with Gasteiger partial charge in [-0.25, -0.2) is 0 Å². The molecule has 3 aliphatic rings. The molecular weight excluding hydrogens is 624 g/mol. The van der Waals surface area contributed by atoms with E-state index in [1.54, 1.807) is 0 Å². The summed E-state index contributed by atoms with van der Waals surface area (Å²) in [6.45, 7) is -4.72. The predicted octanol–water partition coefficient (Wildman–Crippen LogP) is -9.90. The second-order valence-electron chi connectivity index (χ2n) is 10.8. The molecule has 0 amide bonds. The van der Waals surface area contributed by atoms with Gasteiger partial charge in [0.2, 0.25) is 0 Å². The quantitative estimate of drug-likeness (QED) is 0.0818. The SMILES string of the molecule is O=C(CO)[C@@H](O)[C@H](O)[C@H](O)CO[C@H]1O[C@H](CO)[C@@H](O)[C@H](O)[C@H]1O[C@H]1O[C@H](CO)[C@@H](O)[C@H](O)[C@H]1O[C@H]1O[C@H](CO)[C@@H](O)[C@H](O)[C@H]1O. The normalized spacial score (nSPS) is 44.7. The van der Waals surface area contributed by atoms with Gasteiger partial charge in [0.25, 0.3) is 0 Å². The molecule has 21 heteroatoms. The lowest BCUT2D eigenvalue weighted by Gasteiger charge is -2.48. The monoisotopic (exact) mass is 666 g/mol. The lowest BCUT2D eigenvalue weighted by atomic mass is 9.96. The van der Waals surface area contributed by atoms with Gasteiger partial charge in [0.15, 0.2) is 24.7 Å². The topological polar surface area (TPSA) is 356 Å². The molecule has 45 heavy (non-hydrogen) atoms. The average Bonchev–Trinajstić information content (AvgIpc) is 3.04. The van der Waals surface area contributed by atoms with Gasteiger partial charge in [-0.3, -0.25) is 4.79 Å². The first kappa shape index (κ1) is 38.3. The zero-order chi connectivity index (χ0) is 33.7. The molecule has 0 saturated carbocycles. The van der Waals surface area contributed by atoms with Crippen molar-refractivity contribution in [1.82, 2.24) is 0 Å². The summed E-state index contributed by atoms with van der Waals surface area (Å²) in [5.74, 6) is -1.23. The van der Waals surface area contributed by atoms with E-state index >= 15 is 0 Å². The number of carbonyl (C=O) groups is 1. The maximum atomic E-state index is 11.5. The van der Waals surface area contributed by atoms with Gasteiger partial charge in [0.1, 0.15) is 98.2 Å². The van der Waals surface area contributed by atoms with Crippen LogP contribution in [-0.4, -0.2) is 221 Å². The second kappa shape index (κ2) is 16.8. The maximum absolute atomic E-state index is 11.5. The van der Waals surface area contributed by atoms with E-state index in [9.17, 15) is 71.2 Å². The van der Waals surface area contributed by atoms with Crippen LogP contribution in [0.15, 0.2) is 0 Å². The molecule has 0 radical (unpaired) electrons. The van der Waals surface area contributed by atoms with Crippen molar-refractivity contribution in [2.75, 3.05) is 33.0 Å². The van der Waals surface area contributed by atoms with Gasteiger partial charge in [-0.15, -0.1) is 0 Å². The summed E-state index contributed by atoms with van der Waals surface area (Å²) in [5, 5.41) is 141. The van der Waals surface area contributed by atoms with Crippen LogP contribution in [0.5, 0.6) is 0 Å². The fraction of sp³-hybridized carbons (Fsp3) is 0.958. The van der Waals surface area contributed by atoms with Gasteiger partial charge in [0, 0.05) is 0 Å². The summed E-state index contributed by atoms with van der Waals surface area (Å²) >= 11 is 0. The number of hydrogen-bond acceptors (Lipinski definition) is 21. The first-order chi connectivity index (χ1) is 21.2. The van der Waals surface area contributed by atoms with E-state index in [2.05, 4.69) is 0 Å². The fourth-order valence-corrected chi connectivity index (χ4v) is 4.92. The van der Waals surface area contributed by atoms with Crippen LogP contribution in [0.4, 0.5) is 0 Å². The highest BCUT2D eigenvalue weighted by Crippen LogP contribution is 2.33. The molecule has 0 bridgehead atoms. The van der Waals surface area contributed by atoms with Crippen molar-refractivity contribution in [1.29, 1.82) is 0 Å². The molecule has 0 aromatic carbocycles. The summed E-state index contributed by atoms with van der Waals surface area (Å²) in [5.41, 5.74) is 0. The van der Waals surface area contributed by atoms with Crippen molar-refractivity contribution in [3.8, 4) is 0 Å². The average molecular weight is 667 g/mol. The molecular formula is C24H42O21. The molecule has 0 aliphatic carbocycles. The van der Waals surface area contributed by atoms with Crippen LogP contribution in [0.3, 0.4) is 0 Å². The number of Topliss-reactive ketones (excluding diaryl/α,β-unsaturated/α-hetero) is 1.